The van der Waals surface area contributed by atoms with Crippen LogP contribution < -0.4 is 15.4 Å². The third kappa shape index (κ3) is 4.98. The number of nitrogens with zero attached hydrogens (tertiary/aromatic N) is 3. The summed E-state index contributed by atoms with van der Waals surface area (Å²) in [5, 5.41) is 10.0. The quantitative estimate of drug-likeness (QED) is 0.857. The molecule has 23 heavy (non-hydrogen) atoms. The maximum atomic E-state index is 11.9. The van der Waals surface area contributed by atoms with Gasteiger partial charge in [0.2, 0.25) is 5.88 Å². The molecule has 7 nitrogen and oxygen atoms in total. The molecule has 2 heterocycles. The van der Waals surface area contributed by atoms with Crippen LogP contribution in [0.2, 0.25) is 0 Å². The van der Waals surface area contributed by atoms with E-state index in [0.29, 0.717) is 18.1 Å². The SMILES string of the molecule is COc1ccc(NC(=O)NC[C@@H](C)Cn2nc(C)cc2C)cn1. The fraction of sp³-hybridized carbons (Fsp3) is 0.438. The number of urea groups is 1. The van der Waals surface area contributed by atoms with Crippen LogP contribution in [0.25, 0.3) is 0 Å². The predicted octanol–water partition coefficient (Wildman–Crippen LogP) is 2.36. The summed E-state index contributed by atoms with van der Waals surface area (Å²) in [6.45, 7) is 7.41. The Labute approximate surface area is 136 Å². The molecule has 0 aliphatic rings. The van der Waals surface area contributed by atoms with E-state index in [9.17, 15) is 4.79 Å². The minimum absolute atomic E-state index is 0.253. The summed E-state index contributed by atoms with van der Waals surface area (Å²) < 4.78 is 6.94. The van der Waals surface area contributed by atoms with Crippen molar-refractivity contribution in [2.24, 2.45) is 5.92 Å². The lowest BCUT2D eigenvalue weighted by atomic mass is 10.2. The second-order valence-electron chi connectivity index (χ2n) is 5.64. The number of carbonyl (C=O) groups is 1. The summed E-state index contributed by atoms with van der Waals surface area (Å²) in [6, 6.07) is 5.23. The molecule has 0 saturated heterocycles. The second-order valence-corrected chi connectivity index (χ2v) is 5.64. The molecule has 2 aromatic rings. The lowest BCUT2D eigenvalue weighted by molar-refractivity contribution is 0.249. The molecule has 0 bridgehead atoms. The van der Waals surface area contributed by atoms with Crippen LogP contribution in [0.3, 0.4) is 0 Å². The zero-order valence-electron chi connectivity index (χ0n) is 14.0. The van der Waals surface area contributed by atoms with Gasteiger partial charge >= 0.3 is 6.03 Å². The number of aryl methyl sites for hydroxylation is 2. The highest BCUT2D eigenvalue weighted by Crippen LogP contribution is 2.10. The van der Waals surface area contributed by atoms with Gasteiger partial charge < -0.3 is 15.4 Å². The minimum Gasteiger partial charge on any atom is -0.481 e. The van der Waals surface area contributed by atoms with Crippen LogP contribution in [0.5, 0.6) is 5.88 Å². The van der Waals surface area contributed by atoms with Gasteiger partial charge in [-0.25, -0.2) is 9.78 Å². The molecule has 7 heteroatoms. The Balaban J connectivity index is 1.77. The summed E-state index contributed by atoms with van der Waals surface area (Å²) in [5.41, 5.74) is 2.75. The van der Waals surface area contributed by atoms with Crippen molar-refractivity contribution < 1.29 is 9.53 Å². The van der Waals surface area contributed by atoms with Crippen molar-refractivity contribution in [1.82, 2.24) is 20.1 Å². The van der Waals surface area contributed by atoms with Crippen LogP contribution in [-0.2, 0) is 6.54 Å². The van der Waals surface area contributed by atoms with E-state index in [1.807, 2.05) is 24.6 Å². The Bertz CT molecular complexity index is 651. The average molecular weight is 317 g/mol. The van der Waals surface area contributed by atoms with Gasteiger partial charge in [-0.2, -0.15) is 5.10 Å². The molecule has 0 saturated carbocycles. The summed E-state index contributed by atoms with van der Waals surface area (Å²) in [5.74, 6) is 0.780. The maximum Gasteiger partial charge on any atom is 0.319 e. The third-order valence-corrected chi connectivity index (χ3v) is 3.40. The molecule has 0 fully saturated rings. The minimum atomic E-state index is -0.253. The molecule has 1 atom stereocenters. The van der Waals surface area contributed by atoms with Crippen LogP contribution in [0.15, 0.2) is 24.4 Å². The maximum absolute atomic E-state index is 11.9. The first-order chi connectivity index (χ1) is 11.0. The number of anilines is 1. The van der Waals surface area contributed by atoms with Crippen molar-refractivity contribution in [2.75, 3.05) is 19.0 Å². The predicted molar refractivity (Wildman–Crippen MR) is 88.7 cm³/mol. The van der Waals surface area contributed by atoms with Crippen molar-refractivity contribution in [3.63, 3.8) is 0 Å². The first kappa shape index (κ1) is 16.8. The average Bonchev–Trinajstić information content (AvgIpc) is 2.83. The van der Waals surface area contributed by atoms with E-state index in [1.165, 1.54) is 0 Å². The van der Waals surface area contributed by atoms with E-state index in [0.717, 1.165) is 17.9 Å². The van der Waals surface area contributed by atoms with Gasteiger partial charge in [0.25, 0.3) is 0 Å². The van der Waals surface area contributed by atoms with Crippen LogP contribution in [0, 0.1) is 19.8 Å². The highest BCUT2D eigenvalue weighted by molar-refractivity contribution is 5.88. The number of rotatable bonds is 6. The van der Waals surface area contributed by atoms with E-state index in [-0.39, 0.29) is 11.9 Å². The van der Waals surface area contributed by atoms with Crippen molar-refractivity contribution in [3.8, 4) is 5.88 Å². The number of nitrogens with one attached hydrogen (secondary N) is 2. The third-order valence-electron chi connectivity index (χ3n) is 3.40. The summed E-state index contributed by atoms with van der Waals surface area (Å²) in [4.78, 5) is 15.9. The van der Waals surface area contributed by atoms with Crippen molar-refractivity contribution in [3.05, 3.63) is 35.8 Å². The summed E-state index contributed by atoms with van der Waals surface area (Å²) >= 11 is 0. The summed E-state index contributed by atoms with van der Waals surface area (Å²) in [7, 11) is 1.55. The van der Waals surface area contributed by atoms with Crippen LogP contribution in [-0.4, -0.2) is 34.5 Å². The largest absolute Gasteiger partial charge is 0.481 e. The van der Waals surface area contributed by atoms with E-state index in [2.05, 4.69) is 27.6 Å². The van der Waals surface area contributed by atoms with Gasteiger partial charge in [0.15, 0.2) is 0 Å². The lowest BCUT2D eigenvalue weighted by Crippen LogP contribution is -2.33. The standard InChI is InChI=1S/C16H23N5O2/c1-11(10-21-13(3)7-12(2)20-21)8-18-16(22)19-14-5-6-15(23-4)17-9-14/h5-7,9,11H,8,10H2,1-4H3,(H2,18,19,22)/t11-/m1/s1. The Morgan fingerprint density at radius 3 is 2.74 bits per heavy atom. The van der Waals surface area contributed by atoms with E-state index in [4.69, 9.17) is 4.74 Å². The molecule has 0 unspecified atom stereocenters. The molecule has 0 aromatic carbocycles. The topological polar surface area (TPSA) is 81.1 Å². The Morgan fingerprint density at radius 1 is 1.39 bits per heavy atom. The van der Waals surface area contributed by atoms with Gasteiger partial charge in [-0.1, -0.05) is 6.92 Å². The molecular weight excluding hydrogens is 294 g/mol. The fourth-order valence-corrected chi connectivity index (χ4v) is 2.24. The molecule has 2 rings (SSSR count). The molecule has 2 aromatic heterocycles. The highest BCUT2D eigenvalue weighted by atomic mass is 16.5. The van der Waals surface area contributed by atoms with Crippen LogP contribution >= 0.6 is 0 Å². The normalized spacial score (nSPS) is 11.8. The van der Waals surface area contributed by atoms with Gasteiger partial charge in [-0.3, -0.25) is 4.68 Å². The number of amides is 2. The molecule has 0 aliphatic carbocycles. The zero-order valence-corrected chi connectivity index (χ0v) is 14.0. The van der Waals surface area contributed by atoms with E-state index in [1.54, 1.807) is 25.4 Å². The van der Waals surface area contributed by atoms with Crippen LogP contribution in [0.1, 0.15) is 18.3 Å². The Hall–Kier alpha value is -2.57. The number of methoxy groups -OCH3 is 1. The number of pyridine rings is 1. The Morgan fingerprint density at radius 2 is 2.17 bits per heavy atom. The molecule has 2 amide bonds. The van der Waals surface area contributed by atoms with E-state index >= 15 is 0 Å². The second kappa shape index (κ2) is 7.62. The van der Waals surface area contributed by atoms with Gasteiger partial charge in [-0.15, -0.1) is 0 Å². The number of hydrogen-bond donors (Lipinski definition) is 2. The molecule has 0 radical (unpaired) electrons. The molecular formula is C16H23N5O2. The monoisotopic (exact) mass is 317 g/mol. The van der Waals surface area contributed by atoms with Gasteiger partial charge in [0, 0.05) is 24.8 Å². The smallest absolute Gasteiger partial charge is 0.319 e. The highest BCUT2D eigenvalue weighted by Gasteiger charge is 2.09. The van der Waals surface area contributed by atoms with Crippen molar-refractivity contribution in [1.29, 1.82) is 0 Å². The first-order valence-corrected chi connectivity index (χ1v) is 7.54. The lowest BCUT2D eigenvalue weighted by Gasteiger charge is -2.14. The van der Waals surface area contributed by atoms with Gasteiger partial charge in [0.05, 0.1) is 24.7 Å². The molecule has 124 valence electrons. The molecule has 0 spiro atoms. The van der Waals surface area contributed by atoms with Gasteiger partial charge in [0.1, 0.15) is 0 Å². The zero-order chi connectivity index (χ0) is 16.8. The Kier molecular flexibility index (Phi) is 5.56. The number of aromatic nitrogens is 3. The number of carbonyl (C=O) groups excluding carboxylic acids is 1. The number of hydrogen-bond acceptors (Lipinski definition) is 4. The van der Waals surface area contributed by atoms with Crippen molar-refractivity contribution in [2.45, 2.75) is 27.3 Å². The van der Waals surface area contributed by atoms with E-state index < -0.39 is 0 Å². The summed E-state index contributed by atoms with van der Waals surface area (Å²) in [6.07, 6.45) is 1.55. The first-order valence-electron chi connectivity index (χ1n) is 7.54. The van der Waals surface area contributed by atoms with Crippen molar-refractivity contribution >= 4 is 11.7 Å². The van der Waals surface area contributed by atoms with Crippen LogP contribution in [0.4, 0.5) is 10.5 Å². The van der Waals surface area contributed by atoms with Gasteiger partial charge in [-0.05, 0) is 31.9 Å². The molecule has 0 aliphatic heterocycles. The number of ether oxygens (including phenoxy) is 1. The fourth-order valence-electron chi connectivity index (χ4n) is 2.24. The molecule has 2 N–H and O–H groups in total.